The molecular weight excluding hydrogens is 248 g/mol. The molecule has 0 saturated heterocycles. The van der Waals surface area contributed by atoms with Gasteiger partial charge in [0.15, 0.2) is 5.78 Å². The number of hydrogen-bond acceptors (Lipinski definition) is 2. The lowest BCUT2D eigenvalue weighted by atomic mass is 9.92. The van der Waals surface area contributed by atoms with Gasteiger partial charge in [-0.05, 0) is 49.0 Å². The minimum absolute atomic E-state index is 0.0668. The molecule has 96 valence electrons. The molecule has 0 spiro atoms. The molecule has 1 aromatic rings. The van der Waals surface area contributed by atoms with E-state index in [-0.39, 0.29) is 12.2 Å². The van der Waals surface area contributed by atoms with E-state index >= 15 is 0 Å². The van der Waals surface area contributed by atoms with E-state index in [1.807, 2.05) is 6.08 Å². The molecule has 0 amide bonds. The Hall–Kier alpha value is -1.12. The minimum Gasteiger partial charge on any atom is -0.388 e. The van der Waals surface area contributed by atoms with Gasteiger partial charge in [0.2, 0.25) is 0 Å². The molecule has 0 heterocycles. The predicted molar refractivity (Wildman–Crippen MR) is 72.6 cm³/mol. The second-order valence-electron chi connectivity index (χ2n) is 4.67. The van der Waals surface area contributed by atoms with Gasteiger partial charge in [0.05, 0.1) is 6.10 Å². The van der Waals surface area contributed by atoms with Crippen molar-refractivity contribution < 1.29 is 9.90 Å². The number of Topliss-reactive ketones (excluding diaryl/α,β-unsaturated/α-hetero) is 1. The maximum Gasteiger partial charge on any atom is 0.161 e. The Morgan fingerprint density at radius 3 is 2.61 bits per heavy atom. The molecule has 1 aromatic carbocycles. The highest BCUT2D eigenvalue weighted by Crippen LogP contribution is 2.24. The lowest BCUT2D eigenvalue weighted by molar-refractivity contribution is -0.117. The highest BCUT2D eigenvalue weighted by Gasteiger charge is 2.17. The molecule has 18 heavy (non-hydrogen) atoms. The third-order valence-corrected chi connectivity index (χ3v) is 3.53. The Morgan fingerprint density at radius 1 is 1.28 bits per heavy atom. The van der Waals surface area contributed by atoms with Crippen LogP contribution in [0.4, 0.5) is 0 Å². The average molecular weight is 265 g/mol. The highest BCUT2D eigenvalue weighted by atomic mass is 35.5. The van der Waals surface area contributed by atoms with E-state index in [4.69, 9.17) is 11.6 Å². The van der Waals surface area contributed by atoms with Gasteiger partial charge in [-0.3, -0.25) is 4.79 Å². The molecule has 0 radical (unpaired) electrons. The summed E-state index contributed by atoms with van der Waals surface area (Å²) in [5, 5.41) is 10.7. The summed E-state index contributed by atoms with van der Waals surface area (Å²) in [6, 6.07) is 6.97. The average Bonchev–Trinajstić information content (AvgIpc) is 2.40. The van der Waals surface area contributed by atoms with Crippen LogP contribution in [-0.2, 0) is 4.79 Å². The second-order valence-corrected chi connectivity index (χ2v) is 5.11. The van der Waals surface area contributed by atoms with Crippen molar-refractivity contribution in [1.82, 2.24) is 0 Å². The van der Waals surface area contributed by atoms with E-state index in [0.717, 1.165) is 36.8 Å². The Labute approximate surface area is 112 Å². The molecule has 1 atom stereocenters. The molecule has 0 bridgehead atoms. The van der Waals surface area contributed by atoms with Crippen LogP contribution in [0, 0.1) is 0 Å². The van der Waals surface area contributed by atoms with Crippen LogP contribution in [0.2, 0.25) is 5.02 Å². The summed E-state index contributed by atoms with van der Waals surface area (Å²) in [6.45, 7) is 0. The first-order valence-corrected chi connectivity index (χ1v) is 6.70. The van der Waals surface area contributed by atoms with Crippen LogP contribution in [-0.4, -0.2) is 10.9 Å². The number of hydrogen-bond donors (Lipinski definition) is 1. The van der Waals surface area contributed by atoms with E-state index in [1.165, 1.54) is 0 Å². The number of rotatable bonds is 4. The van der Waals surface area contributed by atoms with Crippen molar-refractivity contribution in [3.8, 4) is 0 Å². The van der Waals surface area contributed by atoms with Gasteiger partial charge in [0.25, 0.3) is 0 Å². The van der Waals surface area contributed by atoms with E-state index in [0.29, 0.717) is 5.02 Å². The smallest absolute Gasteiger partial charge is 0.161 e. The van der Waals surface area contributed by atoms with Gasteiger partial charge in [-0.15, -0.1) is 0 Å². The first kappa shape index (κ1) is 13.3. The maximum atomic E-state index is 12.0. The first-order chi connectivity index (χ1) is 8.66. The number of aliphatic hydroxyl groups is 1. The number of carbonyl (C=O) groups excluding carboxylic acids is 1. The number of carbonyl (C=O) groups is 1. The minimum atomic E-state index is -0.738. The van der Waals surface area contributed by atoms with Crippen LogP contribution in [0.5, 0.6) is 0 Å². The van der Waals surface area contributed by atoms with Crippen LogP contribution in [0.25, 0.3) is 0 Å². The summed E-state index contributed by atoms with van der Waals surface area (Å²) in [6.07, 6.45) is 5.51. The number of benzene rings is 1. The molecule has 1 aliphatic rings. The van der Waals surface area contributed by atoms with Crippen LogP contribution in [0.1, 0.15) is 43.8 Å². The largest absolute Gasteiger partial charge is 0.388 e. The van der Waals surface area contributed by atoms with Gasteiger partial charge in [-0.25, -0.2) is 0 Å². The molecule has 2 nitrogen and oxygen atoms in total. The monoisotopic (exact) mass is 264 g/mol. The van der Waals surface area contributed by atoms with Gasteiger partial charge in [0, 0.05) is 11.4 Å². The highest BCUT2D eigenvalue weighted by molar-refractivity contribution is 6.30. The van der Waals surface area contributed by atoms with E-state index in [9.17, 15) is 9.90 Å². The quantitative estimate of drug-likeness (QED) is 0.897. The Balaban J connectivity index is 1.98. The fraction of sp³-hybridized carbons (Fsp3) is 0.400. The van der Waals surface area contributed by atoms with E-state index in [2.05, 4.69) is 0 Å². The van der Waals surface area contributed by atoms with E-state index < -0.39 is 6.10 Å². The van der Waals surface area contributed by atoms with Crippen LogP contribution < -0.4 is 0 Å². The summed E-state index contributed by atoms with van der Waals surface area (Å²) >= 11 is 5.79. The standard InChI is InChI=1S/C15H17ClO2/c16-13-8-6-12(7-9-13)15(18)10-14(17)11-4-2-1-3-5-11/h4,6-9,15,18H,1-3,5,10H2. The van der Waals surface area contributed by atoms with Crippen molar-refractivity contribution in [2.24, 2.45) is 0 Å². The molecular formula is C15H17ClO2. The molecule has 1 unspecified atom stereocenters. The first-order valence-electron chi connectivity index (χ1n) is 6.32. The third kappa shape index (κ3) is 3.44. The molecule has 0 fully saturated rings. The van der Waals surface area contributed by atoms with Crippen molar-refractivity contribution in [3.63, 3.8) is 0 Å². The van der Waals surface area contributed by atoms with E-state index in [1.54, 1.807) is 24.3 Å². The third-order valence-electron chi connectivity index (χ3n) is 3.28. The lowest BCUT2D eigenvalue weighted by Gasteiger charge is -2.14. The van der Waals surface area contributed by atoms with Crippen molar-refractivity contribution in [2.75, 3.05) is 0 Å². The number of halogens is 1. The van der Waals surface area contributed by atoms with Crippen LogP contribution in [0.3, 0.4) is 0 Å². The number of aliphatic hydroxyl groups excluding tert-OH is 1. The summed E-state index contributed by atoms with van der Waals surface area (Å²) in [5.74, 6) is 0.0668. The fourth-order valence-corrected chi connectivity index (χ4v) is 2.33. The van der Waals surface area contributed by atoms with Crippen molar-refractivity contribution in [1.29, 1.82) is 0 Å². The van der Waals surface area contributed by atoms with Gasteiger partial charge >= 0.3 is 0 Å². The SMILES string of the molecule is O=C(CC(O)c1ccc(Cl)cc1)C1=CCCCC1. The summed E-state index contributed by atoms with van der Waals surface area (Å²) in [4.78, 5) is 12.0. The summed E-state index contributed by atoms with van der Waals surface area (Å²) < 4.78 is 0. The maximum absolute atomic E-state index is 12.0. The summed E-state index contributed by atoms with van der Waals surface area (Å²) in [5.41, 5.74) is 1.62. The molecule has 0 aliphatic heterocycles. The second kappa shape index (κ2) is 6.17. The number of allylic oxidation sites excluding steroid dienone is 2. The van der Waals surface area contributed by atoms with Gasteiger partial charge in [-0.2, -0.15) is 0 Å². The summed E-state index contributed by atoms with van der Waals surface area (Å²) in [7, 11) is 0. The molecule has 1 aliphatic carbocycles. The molecule has 2 rings (SSSR count). The van der Waals surface area contributed by atoms with Gasteiger partial charge in [-0.1, -0.05) is 29.8 Å². The fourth-order valence-electron chi connectivity index (χ4n) is 2.20. The molecule has 1 N–H and O–H groups in total. The van der Waals surface area contributed by atoms with Crippen LogP contribution >= 0.6 is 11.6 Å². The van der Waals surface area contributed by atoms with Crippen molar-refractivity contribution in [3.05, 3.63) is 46.5 Å². The zero-order chi connectivity index (χ0) is 13.0. The Kier molecular flexibility index (Phi) is 4.56. The Bertz CT molecular complexity index is 448. The molecule has 0 aromatic heterocycles. The van der Waals surface area contributed by atoms with Crippen LogP contribution in [0.15, 0.2) is 35.9 Å². The topological polar surface area (TPSA) is 37.3 Å². The van der Waals surface area contributed by atoms with Crippen molar-refractivity contribution >= 4 is 17.4 Å². The van der Waals surface area contributed by atoms with Gasteiger partial charge in [0.1, 0.15) is 0 Å². The van der Waals surface area contributed by atoms with Gasteiger partial charge < -0.3 is 5.11 Å². The lowest BCUT2D eigenvalue weighted by Crippen LogP contribution is -2.10. The predicted octanol–water partition coefficient (Wildman–Crippen LogP) is 3.83. The normalized spacial score (nSPS) is 17.1. The molecule has 0 saturated carbocycles. The molecule has 3 heteroatoms. The van der Waals surface area contributed by atoms with Crippen molar-refractivity contribution in [2.45, 2.75) is 38.2 Å². The Morgan fingerprint density at radius 2 is 2.00 bits per heavy atom. The zero-order valence-corrected chi connectivity index (χ0v) is 11.0. The zero-order valence-electron chi connectivity index (χ0n) is 10.2. The number of ketones is 1.